The quantitative estimate of drug-likeness (QED) is 0.835. The van der Waals surface area contributed by atoms with Gasteiger partial charge in [-0.3, -0.25) is 0 Å². The first kappa shape index (κ1) is 12.9. The van der Waals surface area contributed by atoms with Gasteiger partial charge in [0, 0.05) is 11.0 Å². The van der Waals surface area contributed by atoms with Crippen LogP contribution in [-0.4, -0.2) is 20.3 Å². The van der Waals surface area contributed by atoms with Crippen molar-refractivity contribution in [3.05, 3.63) is 35.1 Å². The molecule has 0 aromatic heterocycles. The van der Waals surface area contributed by atoms with Crippen molar-refractivity contribution in [3.8, 4) is 11.5 Å². The average Bonchev–Trinajstić information content (AvgIpc) is 2.88. The molecule has 1 saturated carbocycles. The Bertz CT molecular complexity index is 678. The fourth-order valence-corrected chi connectivity index (χ4v) is 5.80. The Morgan fingerprint density at radius 2 is 2.14 bits per heavy atom. The highest BCUT2D eigenvalue weighted by molar-refractivity contribution is 5.61. The summed E-state index contributed by atoms with van der Waals surface area (Å²) in [6, 6.07) is 4.35. The lowest BCUT2D eigenvalue weighted by atomic mass is 9.49. The van der Waals surface area contributed by atoms with Crippen molar-refractivity contribution in [1.82, 2.24) is 0 Å². The molecule has 5 rings (SSSR count). The van der Waals surface area contributed by atoms with E-state index in [2.05, 4.69) is 18.2 Å². The van der Waals surface area contributed by atoms with E-state index in [0.717, 1.165) is 29.6 Å². The van der Waals surface area contributed by atoms with Gasteiger partial charge in [-0.25, -0.2) is 0 Å². The molecule has 3 heteroatoms. The number of hydrogen-bond acceptors (Lipinski definition) is 3. The first-order valence-corrected chi connectivity index (χ1v) is 8.40. The molecule has 1 heterocycles. The Morgan fingerprint density at radius 3 is 2.95 bits per heavy atom. The lowest BCUT2D eigenvalue weighted by Crippen LogP contribution is -2.55. The van der Waals surface area contributed by atoms with E-state index < -0.39 is 0 Å². The van der Waals surface area contributed by atoms with Crippen molar-refractivity contribution >= 4 is 0 Å². The Kier molecular flexibility index (Phi) is 2.46. The maximum absolute atomic E-state index is 6.49. The highest BCUT2D eigenvalue weighted by atomic mass is 16.6. The third kappa shape index (κ3) is 1.30. The predicted octanol–water partition coefficient (Wildman–Crippen LogP) is 3.60. The Balaban J connectivity index is 1.81. The monoisotopic (exact) mass is 298 g/mol. The molecule has 116 valence electrons. The average molecular weight is 298 g/mol. The van der Waals surface area contributed by atoms with Gasteiger partial charge in [0.25, 0.3) is 0 Å². The topological polar surface area (TPSA) is 27.7 Å². The summed E-state index contributed by atoms with van der Waals surface area (Å²) in [5.74, 6) is 4.37. The standard InChI is InChI=1S/C19H22O3/c1-20-14-7-5-12-10-11-4-3-9-19-13(11)6-8-15(21-2)18(19)22-17(14)16(12)19/h5,7-8,11,13,18H,3-4,6,9-10H2,1-2H3. The van der Waals surface area contributed by atoms with E-state index in [0.29, 0.717) is 5.92 Å². The van der Waals surface area contributed by atoms with Crippen LogP contribution in [0.3, 0.4) is 0 Å². The minimum absolute atomic E-state index is 0.0457. The summed E-state index contributed by atoms with van der Waals surface area (Å²) in [6.45, 7) is 0. The molecule has 3 nitrogen and oxygen atoms in total. The molecule has 4 atom stereocenters. The second-order valence-corrected chi connectivity index (χ2v) is 7.18. The predicted molar refractivity (Wildman–Crippen MR) is 83.3 cm³/mol. The summed E-state index contributed by atoms with van der Waals surface area (Å²) < 4.78 is 17.8. The zero-order valence-corrected chi connectivity index (χ0v) is 13.2. The molecule has 0 amide bonds. The highest BCUT2D eigenvalue weighted by Crippen LogP contribution is 2.65. The second kappa shape index (κ2) is 4.21. The summed E-state index contributed by atoms with van der Waals surface area (Å²) in [7, 11) is 3.51. The normalized spacial score (nSPS) is 37.0. The number of rotatable bonds is 2. The van der Waals surface area contributed by atoms with E-state index in [1.54, 1.807) is 14.2 Å². The lowest BCUT2D eigenvalue weighted by molar-refractivity contribution is 0.00262. The van der Waals surface area contributed by atoms with E-state index in [-0.39, 0.29) is 11.5 Å². The van der Waals surface area contributed by atoms with Gasteiger partial charge in [0.1, 0.15) is 5.76 Å². The van der Waals surface area contributed by atoms with Gasteiger partial charge in [0.05, 0.1) is 14.2 Å². The summed E-state index contributed by atoms with van der Waals surface area (Å²) in [5, 5.41) is 0. The summed E-state index contributed by atoms with van der Waals surface area (Å²) >= 11 is 0. The van der Waals surface area contributed by atoms with E-state index in [9.17, 15) is 0 Å². The van der Waals surface area contributed by atoms with Gasteiger partial charge in [-0.05, 0) is 55.2 Å². The number of hydrogen-bond donors (Lipinski definition) is 0. The van der Waals surface area contributed by atoms with Gasteiger partial charge in [-0.1, -0.05) is 12.5 Å². The molecular weight excluding hydrogens is 276 g/mol. The van der Waals surface area contributed by atoms with Gasteiger partial charge < -0.3 is 14.2 Å². The molecule has 22 heavy (non-hydrogen) atoms. The summed E-state index contributed by atoms with van der Waals surface area (Å²) in [6.07, 6.45) is 8.52. The highest BCUT2D eigenvalue weighted by Gasteiger charge is 2.63. The van der Waals surface area contributed by atoms with Crippen LogP contribution >= 0.6 is 0 Å². The van der Waals surface area contributed by atoms with Gasteiger partial charge in [-0.15, -0.1) is 0 Å². The van der Waals surface area contributed by atoms with Crippen molar-refractivity contribution in [1.29, 1.82) is 0 Å². The molecule has 4 unspecified atom stereocenters. The number of methoxy groups -OCH3 is 2. The second-order valence-electron chi connectivity index (χ2n) is 7.18. The van der Waals surface area contributed by atoms with Crippen LogP contribution in [0.15, 0.2) is 24.0 Å². The first-order chi connectivity index (χ1) is 10.8. The molecule has 2 bridgehead atoms. The Morgan fingerprint density at radius 1 is 1.23 bits per heavy atom. The maximum atomic E-state index is 6.49. The minimum atomic E-state index is 0.0457. The van der Waals surface area contributed by atoms with Crippen molar-refractivity contribution in [2.45, 2.75) is 43.6 Å². The molecule has 1 aromatic carbocycles. The van der Waals surface area contributed by atoms with E-state index in [1.807, 2.05) is 0 Å². The van der Waals surface area contributed by atoms with Gasteiger partial charge >= 0.3 is 0 Å². The van der Waals surface area contributed by atoms with E-state index in [1.165, 1.54) is 36.8 Å². The van der Waals surface area contributed by atoms with Gasteiger partial charge in [0.2, 0.25) is 0 Å². The third-order valence-electron chi connectivity index (χ3n) is 6.54. The largest absolute Gasteiger partial charge is 0.497 e. The van der Waals surface area contributed by atoms with E-state index >= 15 is 0 Å². The first-order valence-electron chi connectivity index (χ1n) is 8.40. The third-order valence-corrected chi connectivity index (χ3v) is 6.54. The smallest absolute Gasteiger partial charge is 0.166 e. The number of ether oxygens (including phenoxy) is 3. The zero-order valence-electron chi connectivity index (χ0n) is 13.2. The van der Waals surface area contributed by atoms with Gasteiger partial charge in [0.15, 0.2) is 17.6 Å². The molecule has 0 N–H and O–H groups in total. The van der Waals surface area contributed by atoms with Crippen LogP contribution in [0.4, 0.5) is 0 Å². The maximum Gasteiger partial charge on any atom is 0.166 e. The van der Waals surface area contributed by atoms with Crippen LogP contribution in [-0.2, 0) is 16.6 Å². The van der Waals surface area contributed by atoms with Crippen LogP contribution in [0.25, 0.3) is 0 Å². The fourth-order valence-electron chi connectivity index (χ4n) is 5.80. The van der Waals surface area contributed by atoms with Gasteiger partial charge in [-0.2, -0.15) is 0 Å². The van der Waals surface area contributed by atoms with Crippen molar-refractivity contribution in [2.75, 3.05) is 14.2 Å². The zero-order chi connectivity index (χ0) is 14.9. The summed E-state index contributed by atoms with van der Waals surface area (Å²) in [5.41, 5.74) is 3.05. The SMILES string of the molecule is COC1=CCC2C3CCCC24c2c(ccc(OC)c2OC14)C3. The van der Waals surface area contributed by atoms with Crippen molar-refractivity contribution in [3.63, 3.8) is 0 Å². The molecule has 0 saturated heterocycles. The molecule has 3 aliphatic carbocycles. The van der Waals surface area contributed by atoms with Crippen molar-refractivity contribution < 1.29 is 14.2 Å². The van der Waals surface area contributed by atoms with Crippen molar-refractivity contribution in [2.24, 2.45) is 11.8 Å². The number of benzene rings is 1. The summed E-state index contributed by atoms with van der Waals surface area (Å²) in [4.78, 5) is 0. The Labute approximate surface area is 131 Å². The molecule has 1 spiro atoms. The lowest BCUT2D eigenvalue weighted by Gasteiger charge is -2.53. The van der Waals surface area contributed by atoms with Crippen LogP contribution in [0.2, 0.25) is 0 Å². The molecule has 4 aliphatic rings. The molecule has 0 radical (unpaired) electrons. The van der Waals surface area contributed by atoms with Crippen LogP contribution in [0.5, 0.6) is 11.5 Å². The Hall–Kier alpha value is -1.64. The molecular formula is C19H22O3. The van der Waals surface area contributed by atoms with Crippen LogP contribution < -0.4 is 9.47 Å². The van der Waals surface area contributed by atoms with Crippen LogP contribution in [0.1, 0.15) is 36.8 Å². The fraction of sp³-hybridized carbons (Fsp3) is 0.579. The molecule has 1 aliphatic heterocycles. The van der Waals surface area contributed by atoms with Crippen LogP contribution in [0, 0.1) is 11.8 Å². The van der Waals surface area contributed by atoms with E-state index in [4.69, 9.17) is 14.2 Å². The number of allylic oxidation sites excluding steroid dienone is 1. The molecule has 1 aromatic rings. The minimum Gasteiger partial charge on any atom is -0.497 e. The molecule has 1 fully saturated rings.